The van der Waals surface area contributed by atoms with Gasteiger partial charge in [-0.15, -0.1) is 0 Å². The van der Waals surface area contributed by atoms with Crippen molar-refractivity contribution >= 4 is 34.7 Å². The predicted molar refractivity (Wildman–Crippen MR) is 96.3 cm³/mol. The average molecular weight is 379 g/mol. The molecule has 26 heavy (non-hydrogen) atoms. The van der Waals surface area contributed by atoms with Gasteiger partial charge in [0.25, 0.3) is 0 Å². The molecular formula is C18H14ClF3N4. The molecule has 1 heterocycles. The first kappa shape index (κ1) is 18.0. The molecule has 0 aliphatic rings. The second-order valence-electron chi connectivity index (χ2n) is 5.45. The van der Waals surface area contributed by atoms with E-state index < -0.39 is 11.7 Å². The van der Waals surface area contributed by atoms with E-state index in [2.05, 4.69) is 15.3 Å². The van der Waals surface area contributed by atoms with Gasteiger partial charge in [-0.3, -0.25) is 0 Å². The summed E-state index contributed by atoms with van der Waals surface area (Å²) < 4.78 is 38.7. The fraction of sp³-hybridized carbons (Fsp3) is 0.111. The molecule has 0 saturated heterocycles. The van der Waals surface area contributed by atoms with Gasteiger partial charge in [0.1, 0.15) is 5.82 Å². The molecule has 4 nitrogen and oxygen atoms in total. The number of hydrogen-bond donors (Lipinski definition) is 1. The quantitative estimate of drug-likeness (QED) is 0.636. The highest BCUT2D eigenvalue weighted by Gasteiger charge is 2.31. The van der Waals surface area contributed by atoms with Gasteiger partial charge < -0.3 is 10.2 Å². The van der Waals surface area contributed by atoms with Crippen LogP contribution in [-0.2, 0) is 6.18 Å². The molecule has 0 aliphatic heterocycles. The van der Waals surface area contributed by atoms with Gasteiger partial charge in [0.05, 0.1) is 16.3 Å². The maximum atomic E-state index is 12.9. The minimum absolute atomic E-state index is 0.0843. The zero-order valence-corrected chi connectivity index (χ0v) is 14.4. The van der Waals surface area contributed by atoms with E-state index in [-0.39, 0.29) is 16.7 Å². The largest absolute Gasteiger partial charge is 0.416 e. The molecule has 1 N–H and O–H groups in total. The number of nitrogens with zero attached hydrogens (tertiary/aromatic N) is 3. The topological polar surface area (TPSA) is 41.1 Å². The van der Waals surface area contributed by atoms with Crippen LogP contribution in [0.25, 0.3) is 0 Å². The number of rotatable bonds is 4. The highest BCUT2D eigenvalue weighted by Crippen LogP contribution is 2.34. The van der Waals surface area contributed by atoms with Crippen LogP contribution in [0.3, 0.4) is 0 Å². The smallest absolute Gasteiger partial charge is 0.329 e. The van der Waals surface area contributed by atoms with E-state index in [1.165, 1.54) is 12.3 Å². The third kappa shape index (κ3) is 4.05. The first-order chi connectivity index (χ1) is 12.3. The van der Waals surface area contributed by atoms with Crippen LogP contribution in [0.15, 0.2) is 60.8 Å². The Kier molecular flexibility index (Phi) is 4.99. The summed E-state index contributed by atoms with van der Waals surface area (Å²) >= 11 is 6.00. The van der Waals surface area contributed by atoms with Crippen LogP contribution >= 0.6 is 11.6 Å². The van der Waals surface area contributed by atoms with Gasteiger partial charge in [-0.25, -0.2) is 4.98 Å². The SMILES string of the molecule is CN(c1ccccc1)c1ccnc(Nc2cc(C(F)(F)F)ccc2Cl)n1. The second-order valence-corrected chi connectivity index (χ2v) is 5.86. The molecule has 2 aromatic carbocycles. The van der Waals surface area contributed by atoms with Crippen LogP contribution in [0.4, 0.5) is 36.3 Å². The van der Waals surface area contributed by atoms with Gasteiger partial charge in [0, 0.05) is 18.9 Å². The van der Waals surface area contributed by atoms with E-state index in [1.54, 1.807) is 6.07 Å². The third-order valence-electron chi connectivity index (χ3n) is 3.67. The Bertz CT molecular complexity index is 900. The minimum atomic E-state index is -4.46. The Balaban J connectivity index is 1.88. The number of anilines is 4. The fourth-order valence-electron chi connectivity index (χ4n) is 2.30. The minimum Gasteiger partial charge on any atom is -0.329 e. The van der Waals surface area contributed by atoms with Crippen molar-refractivity contribution in [3.8, 4) is 0 Å². The summed E-state index contributed by atoms with van der Waals surface area (Å²) in [4.78, 5) is 10.2. The molecule has 0 radical (unpaired) electrons. The first-order valence-corrected chi connectivity index (χ1v) is 7.98. The normalized spacial score (nSPS) is 11.3. The Hall–Kier alpha value is -2.80. The Morgan fingerprint density at radius 3 is 2.46 bits per heavy atom. The van der Waals surface area contributed by atoms with Gasteiger partial charge in [0.15, 0.2) is 0 Å². The van der Waals surface area contributed by atoms with Crippen molar-refractivity contribution in [1.82, 2.24) is 9.97 Å². The summed E-state index contributed by atoms with van der Waals surface area (Å²) in [6.07, 6.45) is -2.94. The maximum Gasteiger partial charge on any atom is 0.416 e. The number of halogens is 4. The predicted octanol–water partition coefficient (Wildman–Crippen LogP) is 5.66. The zero-order valence-electron chi connectivity index (χ0n) is 13.6. The molecule has 0 aliphatic carbocycles. The molecule has 134 valence electrons. The van der Waals surface area contributed by atoms with E-state index >= 15 is 0 Å². The van der Waals surface area contributed by atoms with Gasteiger partial charge in [-0.2, -0.15) is 18.2 Å². The molecular weight excluding hydrogens is 365 g/mol. The summed E-state index contributed by atoms with van der Waals surface area (Å²) in [6.45, 7) is 0. The highest BCUT2D eigenvalue weighted by molar-refractivity contribution is 6.33. The lowest BCUT2D eigenvalue weighted by Gasteiger charge is -2.19. The molecule has 0 amide bonds. The van der Waals surface area contributed by atoms with Crippen molar-refractivity contribution in [2.75, 3.05) is 17.3 Å². The Labute approximate surface area is 153 Å². The van der Waals surface area contributed by atoms with Crippen molar-refractivity contribution in [2.24, 2.45) is 0 Å². The van der Waals surface area contributed by atoms with Crippen molar-refractivity contribution in [2.45, 2.75) is 6.18 Å². The lowest BCUT2D eigenvalue weighted by Crippen LogP contribution is -2.12. The van der Waals surface area contributed by atoms with Gasteiger partial charge in [0.2, 0.25) is 5.95 Å². The van der Waals surface area contributed by atoms with Crippen LogP contribution < -0.4 is 10.2 Å². The zero-order chi connectivity index (χ0) is 18.7. The van der Waals surface area contributed by atoms with Crippen molar-refractivity contribution in [3.63, 3.8) is 0 Å². The highest BCUT2D eigenvalue weighted by atomic mass is 35.5. The fourth-order valence-corrected chi connectivity index (χ4v) is 2.46. The molecule has 1 aromatic heterocycles. The third-order valence-corrected chi connectivity index (χ3v) is 4.00. The molecule has 8 heteroatoms. The molecule has 0 spiro atoms. The molecule has 0 atom stereocenters. The van der Waals surface area contributed by atoms with Gasteiger partial charge >= 0.3 is 6.18 Å². The van der Waals surface area contributed by atoms with E-state index in [0.29, 0.717) is 5.82 Å². The van der Waals surface area contributed by atoms with Crippen LogP contribution in [0, 0.1) is 0 Å². The van der Waals surface area contributed by atoms with E-state index in [0.717, 1.165) is 17.8 Å². The number of hydrogen-bond acceptors (Lipinski definition) is 4. The number of para-hydroxylation sites is 1. The number of aromatic nitrogens is 2. The monoisotopic (exact) mass is 378 g/mol. The average Bonchev–Trinajstić information content (AvgIpc) is 2.63. The van der Waals surface area contributed by atoms with Crippen LogP contribution in [0.2, 0.25) is 5.02 Å². The maximum absolute atomic E-state index is 12.9. The first-order valence-electron chi connectivity index (χ1n) is 7.60. The Morgan fingerprint density at radius 1 is 1.04 bits per heavy atom. The van der Waals surface area contributed by atoms with Crippen LogP contribution in [-0.4, -0.2) is 17.0 Å². The summed E-state index contributed by atoms with van der Waals surface area (Å²) in [6, 6.07) is 14.3. The second kappa shape index (κ2) is 7.21. The molecule has 0 bridgehead atoms. The number of benzene rings is 2. The van der Waals surface area contributed by atoms with E-state index in [1.807, 2.05) is 42.3 Å². The standard InChI is InChI=1S/C18H14ClF3N4/c1-26(13-5-3-2-4-6-13)16-9-10-23-17(25-16)24-15-11-12(18(20,21)22)7-8-14(15)19/h2-11H,1H3,(H,23,24,25). The molecule has 3 aromatic rings. The van der Waals surface area contributed by atoms with Gasteiger partial charge in [-0.05, 0) is 36.4 Å². The van der Waals surface area contributed by atoms with Crippen molar-refractivity contribution in [3.05, 3.63) is 71.4 Å². The Morgan fingerprint density at radius 2 is 1.77 bits per heavy atom. The summed E-state index contributed by atoms with van der Waals surface area (Å²) in [7, 11) is 1.83. The lowest BCUT2D eigenvalue weighted by atomic mass is 10.2. The number of alkyl halides is 3. The lowest BCUT2D eigenvalue weighted by molar-refractivity contribution is -0.137. The summed E-state index contributed by atoms with van der Waals surface area (Å²) in [5.74, 6) is 0.725. The summed E-state index contributed by atoms with van der Waals surface area (Å²) in [5, 5.41) is 2.89. The molecule has 0 unspecified atom stereocenters. The van der Waals surface area contributed by atoms with Crippen molar-refractivity contribution < 1.29 is 13.2 Å². The molecule has 3 rings (SSSR count). The molecule has 0 saturated carbocycles. The van der Waals surface area contributed by atoms with E-state index in [9.17, 15) is 13.2 Å². The summed E-state index contributed by atoms with van der Waals surface area (Å²) in [5.41, 5.74) is 0.192. The number of nitrogens with one attached hydrogen (secondary N) is 1. The van der Waals surface area contributed by atoms with Crippen LogP contribution in [0.1, 0.15) is 5.56 Å². The van der Waals surface area contributed by atoms with Crippen LogP contribution in [0.5, 0.6) is 0 Å². The van der Waals surface area contributed by atoms with Crippen molar-refractivity contribution in [1.29, 1.82) is 0 Å². The molecule has 0 fully saturated rings. The van der Waals surface area contributed by atoms with E-state index in [4.69, 9.17) is 11.6 Å². The van der Waals surface area contributed by atoms with Gasteiger partial charge in [-0.1, -0.05) is 29.8 Å².